The molecule has 3 atom stereocenters. The molecule has 0 unspecified atom stereocenters. The average Bonchev–Trinajstić information content (AvgIpc) is 3.01. The highest BCUT2D eigenvalue weighted by Crippen LogP contribution is 2.26. The maximum absolute atomic E-state index is 12.2. The van der Waals surface area contributed by atoms with Crippen molar-refractivity contribution in [2.75, 3.05) is 27.2 Å². The number of carbonyl (C=O) groups excluding carboxylic acids is 2. The van der Waals surface area contributed by atoms with E-state index in [0.29, 0.717) is 19.4 Å². The van der Waals surface area contributed by atoms with Crippen LogP contribution in [-0.2, 0) is 14.3 Å². The number of carbonyl (C=O) groups is 2. The molecule has 0 aromatic rings. The Bertz CT molecular complexity index is 374. The van der Waals surface area contributed by atoms with Gasteiger partial charge in [-0.25, -0.2) is 0 Å². The number of methoxy groups -OCH3 is 1. The van der Waals surface area contributed by atoms with Gasteiger partial charge in [-0.1, -0.05) is 0 Å². The summed E-state index contributed by atoms with van der Waals surface area (Å²) in [7, 11) is 3.30. The number of amides is 2. The van der Waals surface area contributed by atoms with Crippen molar-refractivity contribution in [3.63, 3.8) is 0 Å². The van der Waals surface area contributed by atoms with Gasteiger partial charge in [-0.3, -0.25) is 9.59 Å². The number of aliphatic hydroxyl groups is 1. The zero-order chi connectivity index (χ0) is 14.7. The van der Waals surface area contributed by atoms with Crippen molar-refractivity contribution in [1.82, 2.24) is 9.80 Å². The third kappa shape index (κ3) is 3.12. The van der Waals surface area contributed by atoms with Crippen LogP contribution in [0.4, 0.5) is 0 Å². The van der Waals surface area contributed by atoms with Gasteiger partial charge >= 0.3 is 0 Å². The third-order valence-electron chi connectivity index (χ3n) is 4.48. The summed E-state index contributed by atoms with van der Waals surface area (Å²) in [6.07, 6.45) is 2.52. The Balaban J connectivity index is 1.81. The smallest absolute Gasteiger partial charge is 0.224 e. The molecule has 1 N–H and O–H groups in total. The first kappa shape index (κ1) is 15.3. The molecule has 0 radical (unpaired) electrons. The zero-order valence-electron chi connectivity index (χ0n) is 12.2. The van der Waals surface area contributed by atoms with Crippen LogP contribution in [0.3, 0.4) is 0 Å². The molecule has 2 fully saturated rings. The lowest BCUT2D eigenvalue weighted by Gasteiger charge is -2.29. The molecular formula is C14H24N2O4. The van der Waals surface area contributed by atoms with Crippen LogP contribution in [0.15, 0.2) is 0 Å². The predicted octanol–water partition coefficient (Wildman–Crippen LogP) is -0.00440. The van der Waals surface area contributed by atoms with Crippen molar-refractivity contribution in [2.24, 2.45) is 0 Å². The van der Waals surface area contributed by atoms with Crippen LogP contribution in [0.25, 0.3) is 0 Å². The van der Waals surface area contributed by atoms with Gasteiger partial charge in [0.2, 0.25) is 11.8 Å². The van der Waals surface area contributed by atoms with Gasteiger partial charge in [0.1, 0.15) is 6.10 Å². The molecule has 114 valence electrons. The van der Waals surface area contributed by atoms with Crippen LogP contribution in [-0.4, -0.2) is 72.2 Å². The summed E-state index contributed by atoms with van der Waals surface area (Å²) in [4.78, 5) is 27.0. The molecule has 1 saturated carbocycles. The SMILES string of the molecule is CO[C@@H]1CC[C@@H](N(C)C(=O)CCN2CCCC2=O)[C@H]1O. The first-order valence-electron chi connectivity index (χ1n) is 7.29. The van der Waals surface area contributed by atoms with Gasteiger partial charge < -0.3 is 19.6 Å². The Morgan fingerprint density at radius 1 is 1.50 bits per heavy atom. The number of nitrogens with zero attached hydrogens (tertiary/aromatic N) is 2. The minimum atomic E-state index is -0.623. The number of aliphatic hydroxyl groups excluding tert-OH is 1. The molecule has 2 amide bonds. The summed E-state index contributed by atoms with van der Waals surface area (Å²) in [5.74, 6) is 0.117. The summed E-state index contributed by atoms with van der Waals surface area (Å²) in [6, 6.07) is -0.179. The van der Waals surface area contributed by atoms with Gasteiger partial charge in [-0.05, 0) is 19.3 Å². The van der Waals surface area contributed by atoms with E-state index in [2.05, 4.69) is 0 Å². The van der Waals surface area contributed by atoms with E-state index in [-0.39, 0.29) is 24.0 Å². The summed E-state index contributed by atoms with van der Waals surface area (Å²) in [5.41, 5.74) is 0. The lowest BCUT2D eigenvalue weighted by atomic mass is 10.1. The molecule has 1 aliphatic carbocycles. The molecule has 20 heavy (non-hydrogen) atoms. The molecule has 0 aromatic carbocycles. The minimum absolute atomic E-state index is 0.0227. The van der Waals surface area contributed by atoms with Crippen LogP contribution in [0.5, 0.6) is 0 Å². The topological polar surface area (TPSA) is 70.1 Å². The Morgan fingerprint density at radius 2 is 2.25 bits per heavy atom. The minimum Gasteiger partial charge on any atom is -0.388 e. The van der Waals surface area contributed by atoms with Crippen molar-refractivity contribution in [3.8, 4) is 0 Å². The fourth-order valence-electron chi connectivity index (χ4n) is 3.14. The van der Waals surface area contributed by atoms with Crippen molar-refractivity contribution in [1.29, 1.82) is 0 Å². The van der Waals surface area contributed by atoms with Gasteiger partial charge in [0.25, 0.3) is 0 Å². The van der Waals surface area contributed by atoms with E-state index in [4.69, 9.17) is 4.74 Å². The summed E-state index contributed by atoms with van der Waals surface area (Å²) in [6.45, 7) is 1.24. The van der Waals surface area contributed by atoms with Crippen LogP contribution < -0.4 is 0 Å². The van der Waals surface area contributed by atoms with Crippen molar-refractivity contribution >= 4 is 11.8 Å². The standard InChI is InChI=1S/C14H24N2O4/c1-15(10-5-6-11(20-2)14(10)19)12(17)7-9-16-8-3-4-13(16)18/h10-11,14,19H,3-9H2,1-2H3/t10-,11-,14-/m1/s1. The lowest BCUT2D eigenvalue weighted by molar-refractivity contribution is -0.135. The van der Waals surface area contributed by atoms with Gasteiger partial charge in [0.05, 0.1) is 12.1 Å². The van der Waals surface area contributed by atoms with Crippen LogP contribution in [0, 0.1) is 0 Å². The van der Waals surface area contributed by atoms with E-state index in [9.17, 15) is 14.7 Å². The Hall–Kier alpha value is -1.14. The summed E-state index contributed by atoms with van der Waals surface area (Å²) < 4.78 is 5.20. The second-order valence-electron chi connectivity index (χ2n) is 5.65. The fraction of sp³-hybridized carbons (Fsp3) is 0.857. The Labute approximate surface area is 119 Å². The summed E-state index contributed by atoms with van der Waals surface area (Å²) >= 11 is 0. The molecule has 2 aliphatic rings. The highest BCUT2D eigenvalue weighted by Gasteiger charge is 2.38. The number of ether oxygens (including phenoxy) is 1. The van der Waals surface area contributed by atoms with Gasteiger partial charge in [0.15, 0.2) is 0 Å². The molecule has 6 nitrogen and oxygen atoms in total. The van der Waals surface area contributed by atoms with E-state index >= 15 is 0 Å². The maximum atomic E-state index is 12.2. The highest BCUT2D eigenvalue weighted by atomic mass is 16.5. The van der Waals surface area contributed by atoms with Crippen molar-refractivity contribution < 1.29 is 19.4 Å². The monoisotopic (exact) mass is 284 g/mol. The first-order chi connectivity index (χ1) is 9.54. The Kier molecular flexibility index (Phi) is 4.99. The molecule has 1 aliphatic heterocycles. The number of hydrogen-bond donors (Lipinski definition) is 1. The second kappa shape index (κ2) is 6.54. The van der Waals surface area contributed by atoms with Crippen LogP contribution in [0.1, 0.15) is 32.1 Å². The molecule has 1 saturated heterocycles. The third-order valence-corrected chi connectivity index (χ3v) is 4.48. The van der Waals surface area contributed by atoms with Crippen molar-refractivity contribution in [2.45, 2.75) is 50.4 Å². The first-order valence-corrected chi connectivity index (χ1v) is 7.29. The van der Waals surface area contributed by atoms with E-state index in [1.165, 1.54) is 0 Å². The van der Waals surface area contributed by atoms with E-state index in [0.717, 1.165) is 25.8 Å². The molecule has 1 heterocycles. The maximum Gasteiger partial charge on any atom is 0.224 e. The predicted molar refractivity (Wildman–Crippen MR) is 73.0 cm³/mol. The molecular weight excluding hydrogens is 260 g/mol. The van der Waals surface area contributed by atoms with Crippen LogP contribution >= 0.6 is 0 Å². The molecule has 0 aromatic heterocycles. The number of rotatable bonds is 5. The zero-order valence-corrected chi connectivity index (χ0v) is 12.2. The molecule has 0 bridgehead atoms. The fourth-order valence-corrected chi connectivity index (χ4v) is 3.14. The van der Waals surface area contributed by atoms with Gasteiger partial charge in [0, 0.05) is 40.1 Å². The molecule has 6 heteroatoms. The Morgan fingerprint density at radius 3 is 2.80 bits per heavy atom. The molecule has 0 spiro atoms. The molecule has 2 rings (SSSR count). The largest absolute Gasteiger partial charge is 0.388 e. The second-order valence-corrected chi connectivity index (χ2v) is 5.65. The van der Waals surface area contributed by atoms with E-state index in [1.54, 1.807) is 24.0 Å². The van der Waals surface area contributed by atoms with Gasteiger partial charge in [-0.15, -0.1) is 0 Å². The summed E-state index contributed by atoms with van der Waals surface area (Å²) in [5, 5.41) is 10.1. The van der Waals surface area contributed by atoms with E-state index < -0.39 is 6.10 Å². The number of likely N-dealkylation sites (N-methyl/N-ethyl adjacent to an activating group) is 1. The lowest BCUT2D eigenvalue weighted by Crippen LogP contribution is -2.45. The van der Waals surface area contributed by atoms with Crippen molar-refractivity contribution in [3.05, 3.63) is 0 Å². The highest BCUT2D eigenvalue weighted by molar-refractivity contribution is 5.80. The quantitative estimate of drug-likeness (QED) is 0.771. The normalized spacial score (nSPS) is 30.1. The van der Waals surface area contributed by atoms with Crippen LogP contribution in [0.2, 0.25) is 0 Å². The van der Waals surface area contributed by atoms with Gasteiger partial charge in [-0.2, -0.15) is 0 Å². The average molecular weight is 284 g/mol. The van der Waals surface area contributed by atoms with E-state index in [1.807, 2.05) is 0 Å². The number of likely N-dealkylation sites (tertiary alicyclic amines) is 1. The number of hydrogen-bond acceptors (Lipinski definition) is 4.